The summed E-state index contributed by atoms with van der Waals surface area (Å²) in [5, 5.41) is 3.10. The highest BCUT2D eigenvalue weighted by Gasteiger charge is 2.46. The van der Waals surface area contributed by atoms with E-state index in [1.165, 1.54) is 12.3 Å². The summed E-state index contributed by atoms with van der Waals surface area (Å²) in [5.74, 6) is -4.94. The Bertz CT molecular complexity index is 1160. The molecule has 1 saturated heterocycles. The smallest absolute Gasteiger partial charge is 0.302 e. The van der Waals surface area contributed by atoms with E-state index in [1.54, 1.807) is 6.07 Å². The first kappa shape index (κ1) is 24.9. The summed E-state index contributed by atoms with van der Waals surface area (Å²) in [7, 11) is -4.71. The Kier molecular flexibility index (Phi) is 7.30. The van der Waals surface area contributed by atoms with Gasteiger partial charge in [0.25, 0.3) is 11.8 Å². The zero-order valence-corrected chi connectivity index (χ0v) is 19.2. The van der Waals surface area contributed by atoms with E-state index in [2.05, 4.69) is 10.3 Å². The highest BCUT2D eigenvalue weighted by Crippen LogP contribution is 2.34. The molecular weight excluding hydrogens is 459 g/mol. The number of carbonyl (C=O) groups is 2. The van der Waals surface area contributed by atoms with Crippen molar-refractivity contribution in [2.45, 2.75) is 51.0 Å². The van der Waals surface area contributed by atoms with Crippen LogP contribution in [0, 0.1) is 0 Å². The van der Waals surface area contributed by atoms with Crippen LogP contribution in [0.2, 0.25) is 0 Å². The number of amides is 2. The molecule has 0 spiro atoms. The Labute approximate surface area is 192 Å². The number of nitrogens with one attached hydrogen (secondary N) is 1. The van der Waals surface area contributed by atoms with Crippen molar-refractivity contribution in [1.29, 1.82) is 0 Å². The number of nitrogens with zero attached hydrogens (tertiary/aromatic N) is 2. The lowest BCUT2D eigenvalue weighted by Crippen LogP contribution is -2.43. The maximum Gasteiger partial charge on any atom is 0.302 e. The van der Waals surface area contributed by atoms with Gasteiger partial charge in [0.05, 0.1) is 29.9 Å². The van der Waals surface area contributed by atoms with Crippen LogP contribution in [0.4, 0.5) is 12.7 Å². The van der Waals surface area contributed by atoms with Crippen LogP contribution < -0.4 is 5.32 Å². The topological polar surface area (TPSA) is 96.4 Å². The molecule has 33 heavy (non-hydrogen) atoms. The third-order valence-electron chi connectivity index (χ3n) is 5.70. The molecule has 1 aromatic carbocycles. The molecule has 0 radical (unpaired) electrons. The molecule has 1 aliphatic heterocycles. The molecule has 1 aliphatic rings. The Morgan fingerprint density at radius 2 is 2.03 bits per heavy atom. The standard InChI is InChI=1S/C22H26F3N3O4S.H2/c1-14(2)15-5-6-19-18(10-15)17(7-8-26-19)21(30)27-12-20(29)28-13-22(23,24)11-16(28)4-3-9-33(25,31)32;/h5-8,10,14,16H,3-4,9,11-13H2,1-2H3,(H,27,30);1H. The van der Waals surface area contributed by atoms with Gasteiger partial charge in [0.15, 0.2) is 0 Å². The molecule has 1 fully saturated rings. The van der Waals surface area contributed by atoms with Gasteiger partial charge in [0, 0.05) is 25.5 Å². The van der Waals surface area contributed by atoms with Gasteiger partial charge < -0.3 is 10.2 Å². The maximum atomic E-state index is 13.9. The Hall–Kier alpha value is -2.69. The van der Waals surface area contributed by atoms with E-state index >= 15 is 0 Å². The van der Waals surface area contributed by atoms with Crippen LogP contribution in [0.15, 0.2) is 30.5 Å². The Morgan fingerprint density at radius 1 is 1.30 bits per heavy atom. The summed E-state index contributed by atoms with van der Waals surface area (Å²) in [5.41, 5.74) is 1.94. The lowest BCUT2D eigenvalue weighted by molar-refractivity contribution is -0.132. The molecule has 7 nitrogen and oxygen atoms in total. The first-order chi connectivity index (χ1) is 15.4. The quantitative estimate of drug-likeness (QED) is 0.574. The van der Waals surface area contributed by atoms with Gasteiger partial charge >= 0.3 is 10.2 Å². The van der Waals surface area contributed by atoms with Crippen molar-refractivity contribution in [3.63, 3.8) is 0 Å². The molecule has 1 atom stereocenters. The number of halogens is 3. The van der Waals surface area contributed by atoms with E-state index < -0.39 is 59.3 Å². The van der Waals surface area contributed by atoms with Crippen molar-refractivity contribution in [3.8, 4) is 0 Å². The number of hydrogen-bond acceptors (Lipinski definition) is 5. The van der Waals surface area contributed by atoms with Gasteiger partial charge in [-0.25, -0.2) is 8.78 Å². The normalized spacial score (nSPS) is 18.1. The van der Waals surface area contributed by atoms with Crippen LogP contribution in [0.25, 0.3) is 10.9 Å². The maximum absolute atomic E-state index is 13.9. The second kappa shape index (κ2) is 9.66. The van der Waals surface area contributed by atoms with Crippen LogP contribution in [-0.2, 0) is 15.0 Å². The Morgan fingerprint density at radius 3 is 2.70 bits per heavy atom. The van der Waals surface area contributed by atoms with Gasteiger partial charge in [0.2, 0.25) is 5.91 Å². The predicted molar refractivity (Wildman–Crippen MR) is 119 cm³/mol. The molecule has 2 amide bonds. The first-order valence-corrected chi connectivity index (χ1v) is 12.2. The summed E-state index contributed by atoms with van der Waals surface area (Å²) in [4.78, 5) is 30.6. The molecule has 0 saturated carbocycles. The molecule has 1 N–H and O–H groups in total. The summed E-state index contributed by atoms with van der Waals surface area (Å²) in [6, 6.07) is 6.19. The van der Waals surface area contributed by atoms with Crippen molar-refractivity contribution in [3.05, 3.63) is 41.6 Å². The highest BCUT2D eigenvalue weighted by atomic mass is 32.3. The second-order valence-corrected chi connectivity index (χ2v) is 10.1. The van der Waals surface area contributed by atoms with Crippen molar-refractivity contribution >= 4 is 32.9 Å². The number of likely N-dealkylation sites (tertiary alicyclic amines) is 1. The van der Waals surface area contributed by atoms with E-state index in [-0.39, 0.29) is 20.2 Å². The fourth-order valence-electron chi connectivity index (χ4n) is 4.01. The molecular formula is C22H28F3N3O4S. The number of carbonyl (C=O) groups excluding carboxylic acids is 2. The van der Waals surface area contributed by atoms with E-state index in [9.17, 15) is 30.7 Å². The third kappa shape index (κ3) is 6.43. The van der Waals surface area contributed by atoms with Gasteiger partial charge in [-0.1, -0.05) is 19.9 Å². The van der Waals surface area contributed by atoms with Crippen LogP contribution in [-0.4, -0.2) is 60.9 Å². The zero-order chi connectivity index (χ0) is 24.4. The monoisotopic (exact) mass is 487 g/mol. The van der Waals surface area contributed by atoms with Gasteiger partial charge in [-0.2, -0.15) is 8.42 Å². The van der Waals surface area contributed by atoms with Crippen molar-refractivity contribution in [1.82, 2.24) is 15.2 Å². The van der Waals surface area contributed by atoms with Crippen LogP contribution in [0.5, 0.6) is 0 Å². The van der Waals surface area contributed by atoms with Crippen molar-refractivity contribution in [2.24, 2.45) is 0 Å². The van der Waals surface area contributed by atoms with E-state index in [4.69, 9.17) is 0 Å². The summed E-state index contributed by atoms with van der Waals surface area (Å²) >= 11 is 0. The van der Waals surface area contributed by atoms with E-state index in [1.807, 2.05) is 26.0 Å². The van der Waals surface area contributed by atoms with Gasteiger partial charge in [-0.15, -0.1) is 3.89 Å². The molecule has 0 aliphatic carbocycles. The number of alkyl halides is 2. The molecule has 2 aromatic rings. The summed E-state index contributed by atoms with van der Waals surface area (Å²) in [6.45, 7) is 2.70. The fourth-order valence-corrected chi connectivity index (χ4v) is 4.52. The lowest BCUT2D eigenvalue weighted by Gasteiger charge is -2.24. The highest BCUT2D eigenvalue weighted by molar-refractivity contribution is 7.86. The molecule has 182 valence electrons. The number of aromatic nitrogens is 1. The molecule has 2 heterocycles. The molecule has 3 rings (SSSR count). The zero-order valence-electron chi connectivity index (χ0n) is 18.4. The lowest BCUT2D eigenvalue weighted by atomic mass is 9.99. The van der Waals surface area contributed by atoms with Crippen molar-refractivity contribution < 1.29 is 32.1 Å². The largest absolute Gasteiger partial charge is 0.343 e. The minimum atomic E-state index is -4.71. The Balaban J connectivity index is 0.00000408. The van der Waals surface area contributed by atoms with Crippen LogP contribution in [0.1, 0.15) is 56.4 Å². The second-order valence-electron chi connectivity index (χ2n) is 8.59. The fraction of sp³-hybridized carbons (Fsp3) is 0.500. The number of hydrogen-bond donors (Lipinski definition) is 1. The average molecular weight is 488 g/mol. The average Bonchev–Trinajstić information content (AvgIpc) is 3.04. The minimum absolute atomic E-state index is 0. The predicted octanol–water partition coefficient (Wildman–Crippen LogP) is 3.65. The number of rotatable bonds is 8. The minimum Gasteiger partial charge on any atom is -0.343 e. The van der Waals surface area contributed by atoms with Gasteiger partial charge in [-0.05, 0) is 42.5 Å². The number of pyridine rings is 1. The summed E-state index contributed by atoms with van der Waals surface area (Å²) in [6.07, 6.45) is 0.582. The molecule has 1 unspecified atom stereocenters. The molecule has 1 aromatic heterocycles. The first-order valence-electron chi connectivity index (χ1n) is 10.6. The molecule has 0 bridgehead atoms. The van der Waals surface area contributed by atoms with Crippen LogP contribution in [0.3, 0.4) is 0 Å². The summed E-state index contributed by atoms with van der Waals surface area (Å²) < 4.78 is 61.9. The SMILES string of the molecule is CC(C)c1ccc2nccc(C(=O)NCC(=O)N3CC(F)(F)CC3CCCS(=O)(=O)F)c2c1.[HH]. The number of fused-ring (bicyclic) bond motifs is 1. The number of benzene rings is 1. The van der Waals surface area contributed by atoms with E-state index in [0.29, 0.717) is 16.5 Å². The van der Waals surface area contributed by atoms with Gasteiger partial charge in [0.1, 0.15) is 0 Å². The van der Waals surface area contributed by atoms with Crippen LogP contribution >= 0.6 is 0 Å². The molecule has 11 heteroatoms. The van der Waals surface area contributed by atoms with Crippen molar-refractivity contribution in [2.75, 3.05) is 18.8 Å². The van der Waals surface area contributed by atoms with Gasteiger partial charge in [-0.3, -0.25) is 14.6 Å². The third-order valence-corrected chi connectivity index (χ3v) is 6.48. The van der Waals surface area contributed by atoms with E-state index in [0.717, 1.165) is 10.5 Å².